The average molecular weight is 309 g/mol. The molecule has 0 amide bonds. The zero-order valence-electron chi connectivity index (χ0n) is 13.0. The smallest absolute Gasteiger partial charge is 0.123 e. The first-order valence-corrected chi connectivity index (χ1v) is 7.97. The van der Waals surface area contributed by atoms with Crippen LogP contribution in [0.25, 0.3) is 0 Å². The van der Waals surface area contributed by atoms with E-state index in [0.29, 0.717) is 11.6 Å². The molecule has 0 radical (unpaired) electrons. The number of nitrogens with one attached hydrogen (secondary N) is 1. The fourth-order valence-electron chi connectivity index (χ4n) is 2.95. The summed E-state index contributed by atoms with van der Waals surface area (Å²) in [6, 6.07) is 17.1. The lowest BCUT2D eigenvalue weighted by atomic mass is 10.0. The predicted molar refractivity (Wildman–Crippen MR) is 89.6 cm³/mol. The van der Waals surface area contributed by atoms with Crippen LogP contribution in [0.3, 0.4) is 0 Å². The minimum atomic E-state index is -0.187. The maximum atomic E-state index is 13.0. The molecule has 4 heteroatoms. The molecule has 0 saturated carbocycles. The first-order chi connectivity index (χ1) is 11.2. The largest absolute Gasteiger partial charge is 0.371 e. The van der Waals surface area contributed by atoms with Crippen LogP contribution in [0.4, 0.5) is 10.1 Å². The summed E-state index contributed by atoms with van der Waals surface area (Å²) in [5.74, 6) is -0.187. The highest BCUT2D eigenvalue weighted by Gasteiger charge is 2.18. The second-order valence-corrected chi connectivity index (χ2v) is 5.93. The van der Waals surface area contributed by atoms with Crippen LogP contribution in [0.5, 0.6) is 0 Å². The van der Waals surface area contributed by atoms with Crippen LogP contribution in [0.1, 0.15) is 24.0 Å². The van der Waals surface area contributed by atoms with E-state index < -0.39 is 0 Å². The average Bonchev–Trinajstić information content (AvgIpc) is 2.61. The number of hydrogen-bond acceptors (Lipinski definition) is 3. The summed E-state index contributed by atoms with van der Waals surface area (Å²) in [4.78, 5) is 2.30. The molecule has 1 aliphatic rings. The maximum absolute atomic E-state index is 13.0. The van der Waals surface area contributed by atoms with Gasteiger partial charge in [-0.15, -0.1) is 0 Å². The van der Waals surface area contributed by atoms with Gasteiger partial charge < -0.3 is 10.2 Å². The van der Waals surface area contributed by atoms with Gasteiger partial charge in [0.25, 0.3) is 0 Å². The van der Waals surface area contributed by atoms with Crippen LogP contribution < -0.4 is 10.2 Å². The summed E-state index contributed by atoms with van der Waals surface area (Å²) < 4.78 is 13.0. The van der Waals surface area contributed by atoms with Gasteiger partial charge in [0, 0.05) is 31.4 Å². The highest BCUT2D eigenvalue weighted by atomic mass is 19.1. The number of hydrogen-bond donors (Lipinski definition) is 1. The Bertz CT molecular complexity index is 665. The Hall–Kier alpha value is -2.38. The molecule has 23 heavy (non-hydrogen) atoms. The van der Waals surface area contributed by atoms with E-state index in [4.69, 9.17) is 5.26 Å². The lowest BCUT2D eigenvalue weighted by Crippen LogP contribution is -2.42. The van der Waals surface area contributed by atoms with Crippen LogP contribution >= 0.6 is 0 Å². The van der Waals surface area contributed by atoms with E-state index in [2.05, 4.69) is 16.3 Å². The van der Waals surface area contributed by atoms with Crippen molar-refractivity contribution in [2.24, 2.45) is 0 Å². The van der Waals surface area contributed by atoms with E-state index in [1.165, 1.54) is 17.7 Å². The lowest BCUT2D eigenvalue weighted by Gasteiger charge is -2.34. The van der Waals surface area contributed by atoms with E-state index in [9.17, 15) is 4.39 Å². The second-order valence-electron chi connectivity index (χ2n) is 5.93. The summed E-state index contributed by atoms with van der Waals surface area (Å²) in [5.41, 5.74) is 2.99. The van der Waals surface area contributed by atoms with Crippen molar-refractivity contribution in [2.45, 2.75) is 25.4 Å². The fraction of sp³-hybridized carbons (Fsp3) is 0.316. The van der Waals surface area contributed by atoms with Gasteiger partial charge in [-0.1, -0.05) is 12.1 Å². The van der Waals surface area contributed by atoms with Gasteiger partial charge in [0.15, 0.2) is 0 Å². The fourth-order valence-corrected chi connectivity index (χ4v) is 2.95. The van der Waals surface area contributed by atoms with Crippen molar-refractivity contribution in [2.75, 3.05) is 18.0 Å². The molecule has 0 bridgehead atoms. The SMILES string of the molecule is N#Cc1ccc(CNC2CCN(c3ccc(F)cc3)CC2)cc1. The van der Waals surface area contributed by atoms with E-state index in [1.807, 2.05) is 36.4 Å². The molecule has 3 nitrogen and oxygen atoms in total. The maximum Gasteiger partial charge on any atom is 0.123 e. The minimum Gasteiger partial charge on any atom is -0.371 e. The number of benzene rings is 2. The molecule has 3 rings (SSSR count). The third-order valence-electron chi connectivity index (χ3n) is 4.36. The van der Waals surface area contributed by atoms with Crippen molar-refractivity contribution < 1.29 is 4.39 Å². The van der Waals surface area contributed by atoms with Gasteiger partial charge in [-0.3, -0.25) is 0 Å². The molecule has 2 aromatic carbocycles. The van der Waals surface area contributed by atoms with Crippen LogP contribution in [0.15, 0.2) is 48.5 Å². The summed E-state index contributed by atoms with van der Waals surface area (Å²) >= 11 is 0. The quantitative estimate of drug-likeness (QED) is 0.940. The molecule has 1 fully saturated rings. The number of piperidine rings is 1. The van der Waals surface area contributed by atoms with Gasteiger partial charge in [-0.2, -0.15) is 5.26 Å². The van der Waals surface area contributed by atoms with Crippen molar-refractivity contribution in [1.29, 1.82) is 5.26 Å². The van der Waals surface area contributed by atoms with Crippen molar-refractivity contribution in [1.82, 2.24) is 5.32 Å². The van der Waals surface area contributed by atoms with Crippen LogP contribution in [0.2, 0.25) is 0 Å². The summed E-state index contributed by atoms with van der Waals surface area (Å²) in [5, 5.41) is 12.4. The van der Waals surface area contributed by atoms with Gasteiger partial charge in [0.2, 0.25) is 0 Å². The van der Waals surface area contributed by atoms with Gasteiger partial charge in [0.1, 0.15) is 5.82 Å². The van der Waals surface area contributed by atoms with Gasteiger partial charge in [-0.05, 0) is 54.8 Å². The van der Waals surface area contributed by atoms with E-state index in [-0.39, 0.29) is 5.82 Å². The highest BCUT2D eigenvalue weighted by molar-refractivity contribution is 5.46. The van der Waals surface area contributed by atoms with Gasteiger partial charge in [0.05, 0.1) is 11.6 Å². The van der Waals surface area contributed by atoms with E-state index in [1.54, 1.807) is 0 Å². The Morgan fingerprint density at radius 2 is 1.70 bits per heavy atom. The topological polar surface area (TPSA) is 39.1 Å². The molecule has 0 aromatic heterocycles. The molecule has 1 saturated heterocycles. The molecule has 2 aromatic rings. The van der Waals surface area contributed by atoms with Crippen LogP contribution in [0, 0.1) is 17.1 Å². The third-order valence-corrected chi connectivity index (χ3v) is 4.36. The molecule has 1 aliphatic heterocycles. The molecule has 0 spiro atoms. The summed E-state index contributed by atoms with van der Waals surface area (Å²) in [6.07, 6.45) is 2.15. The van der Waals surface area contributed by atoms with Crippen molar-refractivity contribution in [3.05, 3.63) is 65.5 Å². The predicted octanol–water partition coefficient (Wildman–Crippen LogP) is 3.46. The number of anilines is 1. The molecule has 0 unspecified atom stereocenters. The van der Waals surface area contributed by atoms with Crippen LogP contribution in [-0.4, -0.2) is 19.1 Å². The molecular formula is C19H20FN3. The minimum absolute atomic E-state index is 0.187. The van der Waals surface area contributed by atoms with E-state index >= 15 is 0 Å². The Morgan fingerprint density at radius 3 is 2.30 bits per heavy atom. The van der Waals surface area contributed by atoms with Gasteiger partial charge >= 0.3 is 0 Å². The second kappa shape index (κ2) is 7.26. The zero-order valence-corrected chi connectivity index (χ0v) is 13.0. The Balaban J connectivity index is 1.47. The standard InChI is InChI=1S/C19H20FN3/c20-17-5-7-19(8-6-17)23-11-9-18(10-12-23)22-14-16-3-1-15(13-21)2-4-16/h1-8,18,22H,9-12,14H2. The highest BCUT2D eigenvalue weighted by Crippen LogP contribution is 2.20. The Morgan fingerprint density at radius 1 is 1.04 bits per heavy atom. The molecule has 1 heterocycles. The normalized spacial score (nSPS) is 15.4. The number of nitrogens with zero attached hydrogens (tertiary/aromatic N) is 2. The molecule has 118 valence electrons. The Labute approximate surface area is 136 Å². The number of nitriles is 1. The third kappa shape index (κ3) is 4.08. The summed E-state index contributed by atoms with van der Waals surface area (Å²) in [6.45, 7) is 2.79. The first kappa shape index (κ1) is 15.5. The van der Waals surface area contributed by atoms with Crippen molar-refractivity contribution >= 4 is 5.69 Å². The number of halogens is 1. The monoisotopic (exact) mass is 309 g/mol. The van der Waals surface area contributed by atoms with Crippen molar-refractivity contribution in [3.8, 4) is 6.07 Å². The van der Waals surface area contributed by atoms with Crippen LogP contribution in [-0.2, 0) is 6.54 Å². The lowest BCUT2D eigenvalue weighted by molar-refractivity contribution is 0.414. The van der Waals surface area contributed by atoms with E-state index in [0.717, 1.165) is 38.2 Å². The van der Waals surface area contributed by atoms with Gasteiger partial charge in [-0.25, -0.2) is 4.39 Å². The zero-order chi connectivity index (χ0) is 16.1. The first-order valence-electron chi connectivity index (χ1n) is 7.97. The molecule has 0 atom stereocenters. The number of rotatable bonds is 4. The Kier molecular flexibility index (Phi) is 4.89. The molecule has 0 aliphatic carbocycles. The summed E-state index contributed by atoms with van der Waals surface area (Å²) in [7, 11) is 0. The van der Waals surface area contributed by atoms with Crippen molar-refractivity contribution in [3.63, 3.8) is 0 Å². The molecular weight excluding hydrogens is 289 g/mol. The molecule has 1 N–H and O–H groups in total.